The summed E-state index contributed by atoms with van der Waals surface area (Å²) in [5.74, 6) is -0.828. The number of hydrogen-bond acceptors (Lipinski definition) is 4. The van der Waals surface area contributed by atoms with Crippen LogP contribution in [0.25, 0.3) is 0 Å². The van der Waals surface area contributed by atoms with E-state index in [1.54, 1.807) is 18.2 Å². The molecule has 0 saturated heterocycles. The lowest BCUT2D eigenvalue weighted by molar-refractivity contribution is -0.140. The molecule has 3 aromatic carbocycles. The van der Waals surface area contributed by atoms with Crippen molar-refractivity contribution in [3.63, 3.8) is 0 Å². The van der Waals surface area contributed by atoms with Crippen molar-refractivity contribution in [2.24, 2.45) is 0 Å². The molecular weight excluding hydrogens is 578 g/mol. The van der Waals surface area contributed by atoms with Gasteiger partial charge in [0.1, 0.15) is 12.6 Å². The second-order valence-electron chi connectivity index (χ2n) is 8.50. The maximum atomic E-state index is 13.9. The number of hydrogen-bond donors (Lipinski definition) is 1. The smallest absolute Gasteiger partial charge is 0.244 e. The first-order valence-electron chi connectivity index (χ1n) is 11.7. The molecule has 0 aliphatic heterocycles. The molecule has 0 radical (unpaired) electrons. The van der Waals surface area contributed by atoms with Crippen molar-refractivity contribution in [2.75, 3.05) is 23.7 Å². The number of likely N-dealkylation sites (N-methyl/N-ethyl adjacent to an activating group) is 1. The van der Waals surface area contributed by atoms with Gasteiger partial charge in [0.15, 0.2) is 0 Å². The summed E-state index contributed by atoms with van der Waals surface area (Å²) >= 11 is 9.52. The maximum absolute atomic E-state index is 13.9. The summed E-state index contributed by atoms with van der Waals surface area (Å²) in [6, 6.07) is 22.3. The van der Waals surface area contributed by atoms with Crippen LogP contribution in [-0.4, -0.2) is 50.5 Å². The Kier molecular flexibility index (Phi) is 10.1. The number of nitrogens with zero attached hydrogens (tertiary/aromatic N) is 2. The van der Waals surface area contributed by atoms with E-state index in [0.717, 1.165) is 26.2 Å². The van der Waals surface area contributed by atoms with Gasteiger partial charge in [0.05, 0.1) is 11.9 Å². The Morgan fingerprint density at radius 3 is 2.24 bits per heavy atom. The first kappa shape index (κ1) is 28.7. The molecule has 0 aliphatic rings. The summed E-state index contributed by atoms with van der Waals surface area (Å²) in [5.41, 5.74) is 1.94. The fourth-order valence-electron chi connectivity index (χ4n) is 3.88. The topological polar surface area (TPSA) is 86.8 Å². The molecule has 1 unspecified atom stereocenters. The van der Waals surface area contributed by atoms with Gasteiger partial charge in [-0.15, -0.1) is 0 Å². The first-order valence-corrected chi connectivity index (χ1v) is 14.7. The number of halogens is 2. The summed E-state index contributed by atoms with van der Waals surface area (Å²) in [5, 5.41) is 3.17. The number of rotatable bonds is 11. The fourth-order valence-corrected chi connectivity index (χ4v) is 5.17. The monoisotopic (exact) mass is 605 g/mol. The molecule has 0 fully saturated rings. The molecule has 0 aliphatic carbocycles. The van der Waals surface area contributed by atoms with Gasteiger partial charge in [-0.3, -0.25) is 13.9 Å². The molecule has 10 heteroatoms. The van der Waals surface area contributed by atoms with Gasteiger partial charge in [0.25, 0.3) is 0 Å². The molecule has 37 heavy (non-hydrogen) atoms. The zero-order valence-corrected chi connectivity index (χ0v) is 23.8. The lowest BCUT2D eigenvalue weighted by Crippen LogP contribution is -2.53. The van der Waals surface area contributed by atoms with Crippen molar-refractivity contribution in [1.29, 1.82) is 0 Å². The van der Waals surface area contributed by atoms with Crippen LogP contribution in [0, 0.1) is 0 Å². The third-order valence-corrected chi connectivity index (χ3v) is 7.57. The molecule has 3 rings (SSSR count). The van der Waals surface area contributed by atoms with Crippen molar-refractivity contribution < 1.29 is 18.0 Å². The Morgan fingerprint density at radius 2 is 1.65 bits per heavy atom. The average molecular weight is 607 g/mol. The SMILES string of the molecule is CCNC(=O)C(Cc1ccccc1)N(Cc1ccc(Br)cc1)C(=O)CN(c1cccc(Cl)c1)S(C)(=O)=O. The van der Waals surface area contributed by atoms with Crippen LogP contribution in [-0.2, 0) is 32.6 Å². The Hall–Kier alpha value is -2.88. The third-order valence-electron chi connectivity index (χ3n) is 5.66. The number of benzene rings is 3. The second kappa shape index (κ2) is 13.1. The van der Waals surface area contributed by atoms with E-state index in [1.807, 2.05) is 61.5 Å². The van der Waals surface area contributed by atoms with Crippen molar-refractivity contribution in [3.05, 3.63) is 99.5 Å². The predicted octanol–water partition coefficient (Wildman–Crippen LogP) is 4.64. The second-order valence-corrected chi connectivity index (χ2v) is 11.8. The zero-order valence-electron chi connectivity index (χ0n) is 20.6. The Bertz CT molecular complexity index is 1320. The lowest BCUT2D eigenvalue weighted by atomic mass is 10.0. The van der Waals surface area contributed by atoms with Gasteiger partial charge in [-0.05, 0) is 48.4 Å². The van der Waals surface area contributed by atoms with E-state index in [0.29, 0.717) is 11.6 Å². The number of sulfonamides is 1. The standard InChI is InChI=1S/C27H29BrClN3O4S/c1-3-30-27(34)25(16-20-8-5-4-6-9-20)31(18-21-12-14-22(28)15-13-21)26(33)19-32(37(2,35)36)24-11-7-10-23(29)17-24/h4-15,17,25H,3,16,18-19H2,1-2H3,(H,30,34). The van der Waals surface area contributed by atoms with Crippen LogP contribution >= 0.6 is 27.5 Å². The van der Waals surface area contributed by atoms with Crippen LogP contribution in [0.3, 0.4) is 0 Å². The molecule has 196 valence electrons. The number of amides is 2. The lowest BCUT2D eigenvalue weighted by Gasteiger charge is -2.33. The summed E-state index contributed by atoms with van der Waals surface area (Å²) in [6.45, 7) is 1.83. The van der Waals surface area contributed by atoms with Gasteiger partial charge in [-0.25, -0.2) is 8.42 Å². The summed E-state index contributed by atoms with van der Waals surface area (Å²) < 4.78 is 27.3. The van der Waals surface area contributed by atoms with Gasteiger partial charge < -0.3 is 10.2 Å². The van der Waals surface area contributed by atoms with Gasteiger partial charge in [-0.2, -0.15) is 0 Å². The molecule has 3 aromatic rings. The van der Waals surface area contributed by atoms with E-state index in [1.165, 1.54) is 11.0 Å². The van der Waals surface area contributed by atoms with Crippen LogP contribution in [0.1, 0.15) is 18.1 Å². The molecule has 0 spiro atoms. The van der Waals surface area contributed by atoms with E-state index < -0.39 is 28.5 Å². The number of nitrogens with one attached hydrogen (secondary N) is 1. The Labute approximate surface area is 231 Å². The van der Waals surface area contributed by atoms with Gasteiger partial charge in [0, 0.05) is 29.0 Å². The molecule has 0 bridgehead atoms. The largest absolute Gasteiger partial charge is 0.355 e. The molecule has 1 N–H and O–H groups in total. The highest BCUT2D eigenvalue weighted by Gasteiger charge is 2.32. The average Bonchev–Trinajstić information content (AvgIpc) is 2.85. The maximum Gasteiger partial charge on any atom is 0.244 e. The number of carbonyl (C=O) groups excluding carboxylic acids is 2. The van der Waals surface area contributed by atoms with Crippen LogP contribution in [0.2, 0.25) is 5.02 Å². The highest BCUT2D eigenvalue weighted by molar-refractivity contribution is 9.10. The van der Waals surface area contributed by atoms with E-state index >= 15 is 0 Å². The Balaban J connectivity index is 2.03. The van der Waals surface area contributed by atoms with Crippen molar-refractivity contribution in [2.45, 2.75) is 25.9 Å². The van der Waals surface area contributed by atoms with E-state index in [-0.39, 0.29) is 24.6 Å². The summed E-state index contributed by atoms with van der Waals surface area (Å²) in [7, 11) is -3.84. The van der Waals surface area contributed by atoms with Crippen LogP contribution in [0.4, 0.5) is 5.69 Å². The molecule has 0 heterocycles. The zero-order chi connectivity index (χ0) is 27.0. The minimum Gasteiger partial charge on any atom is -0.355 e. The van der Waals surface area contributed by atoms with Gasteiger partial charge in [-0.1, -0.05) is 76.1 Å². The molecule has 1 atom stereocenters. The Morgan fingerprint density at radius 1 is 0.973 bits per heavy atom. The van der Waals surface area contributed by atoms with Crippen LogP contribution in [0.15, 0.2) is 83.3 Å². The molecule has 7 nitrogen and oxygen atoms in total. The number of carbonyl (C=O) groups is 2. The van der Waals surface area contributed by atoms with Crippen LogP contribution < -0.4 is 9.62 Å². The number of anilines is 1. The normalized spacial score (nSPS) is 12.0. The highest BCUT2D eigenvalue weighted by Crippen LogP contribution is 2.23. The molecule has 0 aromatic heterocycles. The summed E-state index contributed by atoms with van der Waals surface area (Å²) in [4.78, 5) is 28.6. The third kappa shape index (κ3) is 8.31. The van der Waals surface area contributed by atoms with Crippen molar-refractivity contribution >= 4 is 55.1 Å². The minimum atomic E-state index is -3.84. The molecule has 2 amide bonds. The van der Waals surface area contributed by atoms with E-state index in [2.05, 4.69) is 21.2 Å². The highest BCUT2D eigenvalue weighted by atomic mass is 79.9. The van der Waals surface area contributed by atoms with Crippen LogP contribution in [0.5, 0.6) is 0 Å². The summed E-state index contributed by atoms with van der Waals surface area (Å²) in [6.07, 6.45) is 1.30. The van der Waals surface area contributed by atoms with E-state index in [9.17, 15) is 18.0 Å². The predicted molar refractivity (Wildman–Crippen MR) is 151 cm³/mol. The quantitative estimate of drug-likeness (QED) is 0.345. The van der Waals surface area contributed by atoms with Crippen molar-refractivity contribution in [1.82, 2.24) is 10.2 Å². The first-order chi connectivity index (χ1) is 17.6. The minimum absolute atomic E-state index is 0.119. The molecular formula is C27H29BrClN3O4S. The van der Waals surface area contributed by atoms with E-state index in [4.69, 9.17) is 11.6 Å². The van der Waals surface area contributed by atoms with Gasteiger partial charge in [0.2, 0.25) is 21.8 Å². The van der Waals surface area contributed by atoms with Crippen molar-refractivity contribution in [3.8, 4) is 0 Å². The fraction of sp³-hybridized carbons (Fsp3) is 0.259. The molecule has 0 saturated carbocycles. The van der Waals surface area contributed by atoms with Gasteiger partial charge >= 0.3 is 0 Å².